The number of carbonyl (C=O) groups excluding carboxylic acids is 1. The van der Waals surface area contributed by atoms with E-state index in [2.05, 4.69) is 21.2 Å². The predicted octanol–water partition coefficient (Wildman–Crippen LogP) is 5.11. The highest BCUT2D eigenvalue weighted by atomic mass is 79.9. The number of halogens is 2. The Hall–Kier alpha value is -1.68. The van der Waals surface area contributed by atoms with Crippen LogP contribution in [0.2, 0.25) is 0 Å². The summed E-state index contributed by atoms with van der Waals surface area (Å²) in [6.07, 6.45) is 1.61. The van der Waals surface area contributed by atoms with E-state index in [1.54, 1.807) is 12.1 Å². The van der Waals surface area contributed by atoms with Crippen LogP contribution in [-0.2, 0) is 4.79 Å². The van der Waals surface area contributed by atoms with Gasteiger partial charge in [0.2, 0.25) is 5.91 Å². The van der Waals surface area contributed by atoms with Crippen LogP contribution in [0.3, 0.4) is 0 Å². The van der Waals surface area contributed by atoms with E-state index in [9.17, 15) is 9.18 Å². The van der Waals surface area contributed by atoms with Crippen LogP contribution in [0.25, 0.3) is 0 Å². The highest BCUT2D eigenvalue weighted by molar-refractivity contribution is 9.10. The Kier molecular flexibility index (Phi) is 5.51. The van der Waals surface area contributed by atoms with Crippen molar-refractivity contribution in [1.82, 2.24) is 0 Å². The van der Waals surface area contributed by atoms with Gasteiger partial charge < -0.3 is 5.32 Å². The molecule has 2 aromatic carbocycles. The zero-order chi connectivity index (χ0) is 15.2. The molecule has 2 aromatic rings. The first-order chi connectivity index (χ1) is 10.1. The first kappa shape index (κ1) is 15.7. The van der Waals surface area contributed by atoms with Crippen molar-refractivity contribution in [3.8, 4) is 0 Å². The van der Waals surface area contributed by atoms with Gasteiger partial charge in [-0.3, -0.25) is 4.79 Å². The van der Waals surface area contributed by atoms with E-state index < -0.39 is 5.82 Å². The standard InChI is InChI=1S/C17H17BrFNO/c1-2-6-14(12-7-4-3-5-8-12)17(21)20-16-10-9-13(18)11-15(16)19/h3-5,7-11,14H,2,6H2,1H3,(H,20,21)/t14-/m0/s1. The zero-order valence-corrected chi connectivity index (χ0v) is 13.4. The SMILES string of the molecule is CCC[C@H](C(=O)Nc1ccc(Br)cc1F)c1ccccc1. The van der Waals surface area contributed by atoms with E-state index in [1.165, 1.54) is 6.07 Å². The van der Waals surface area contributed by atoms with Gasteiger partial charge in [-0.25, -0.2) is 4.39 Å². The summed E-state index contributed by atoms with van der Waals surface area (Å²) in [6.45, 7) is 2.03. The van der Waals surface area contributed by atoms with Crippen LogP contribution in [0.4, 0.5) is 10.1 Å². The van der Waals surface area contributed by atoms with Crippen LogP contribution < -0.4 is 5.32 Å². The third-order valence-corrected chi connectivity index (χ3v) is 3.78. The minimum absolute atomic E-state index is 0.177. The lowest BCUT2D eigenvalue weighted by atomic mass is 9.93. The summed E-state index contributed by atoms with van der Waals surface area (Å²) in [5.74, 6) is -0.885. The van der Waals surface area contributed by atoms with Gasteiger partial charge in [-0.05, 0) is 30.2 Å². The molecule has 0 bridgehead atoms. The average molecular weight is 350 g/mol. The lowest BCUT2D eigenvalue weighted by molar-refractivity contribution is -0.117. The molecule has 0 aliphatic rings. The third-order valence-electron chi connectivity index (χ3n) is 3.28. The van der Waals surface area contributed by atoms with Gasteiger partial charge in [-0.1, -0.05) is 59.6 Å². The smallest absolute Gasteiger partial charge is 0.231 e. The molecule has 0 spiro atoms. The van der Waals surface area contributed by atoms with Crippen molar-refractivity contribution < 1.29 is 9.18 Å². The van der Waals surface area contributed by atoms with Gasteiger partial charge in [0.05, 0.1) is 11.6 Å². The van der Waals surface area contributed by atoms with E-state index in [-0.39, 0.29) is 17.5 Å². The molecule has 0 aromatic heterocycles. The zero-order valence-electron chi connectivity index (χ0n) is 11.8. The van der Waals surface area contributed by atoms with Crippen LogP contribution in [0, 0.1) is 5.82 Å². The maximum Gasteiger partial charge on any atom is 0.231 e. The molecule has 0 aliphatic heterocycles. The van der Waals surface area contributed by atoms with Crippen molar-refractivity contribution >= 4 is 27.5 Å². The number of nitrogens with one attached hydrogen (secondary N) is 1. The fraction of sp³-hybridized carbons (Fsp3) is 0.235. The number of carbonyl (C=O) groups is 1. The van der Waals surface area contributed by atoms with Crippen LogP contribution in [0.5, 0.6) is 0 Å². The molecule has 2 nitrogen and oxygen atoms in total. The maximum absolute atomic E-state index is 13.8. The van der Waals surface area contributed by atoms with Crippen molar-refractivity contribution in [1.29, 1.82) is 0 Å². The van der Waals surface area contributed by atoms with Crippen LogP contribution in [-0.4, -0.2) is 5.91 Å². The third kappa shape index (κ3) is 4.14. The summed E-state index contributed by atoms with van der Waals surface area (Å²) < 4.78 is 14.5. The number of benzene rings is 2. The van der Waals surface area contributed by atoms with Crippen molar-refractivity contribution in [2.75, 3.05) is 5.32 Å². The lowest BCUT2D eigenvalue weighted by Crippen LogP contribution is -2.21. The minimum atomic E-state index is -0.443. The normalized spacial score (nSPS) is 12.0. The Labute approximate surface area is 132 Å². The molecule has 1 amide bonds. The van der Waals surface area contributed by atoms with E-state index >= 15 is 0 Å². The molecule has 1 atom stereocenters. The van der Waals surface area contributed by atoms with Crippen molar-refractivity contribution in [3.63, 3.8) is 0 Å². The average Bonchev–Trinajstić information content (AvgIpc) is 2.48. The molecule has 0 unspecified atom stereocenters. The summed E-state index contributed by atoms with van der Waals surface area (Å²) in [7, 11) is 0. The molecule has 4 heteroatoms. The molecule has 0 heterocycles. The number of rotatable bonds is 5. The predicted molar refractivity (Wildman–Crippen MR) is 86.8 cm³/mol. The summed E-state index contributed by atoms with van der Waals surface area (Å²) in [4.78, 5) is 12.5. The van der Waals surface area contributed by atoms with E-state index in [0.717, 1.165) is 18.4 Å². The highest BCUT2D eigenvalue weighted by Crippen LogP contribution is 2.25. The molecule has 110 valence electrons. The Morgan fingerprint density at radius 1 is 1.24 bits per heavy atom. The molecule has 1 N–H and O–H groups in total. The summed E-state index contributed by atoms with van der Waals surface area (Å²) >= 11 is 3.20. The second kappa shape index (κ2) is 7.36. The number of hydrogen-bond acceptors (Lipinski definition) is 1. The molecule has 0 radical (unpaired) electrons. The Morgan fingerprint density at radius 3 is 2.57 bits per heavy atom. The monoisotopic (exact) mass is 349 g/mol. The Balaban J connectivity index is 2.19. The minimum Gasteiger partial charge on any atom is -0.323 e. The van der Waals surface area contributed by atoms with Crippen LogP contribution >= 0.6 is 15.9 Å². The molecular formula is C17H17BrFNO. The highest BCUT2D eigenvalue weighted by Gasteiger charge is 2.20. The summed E-state index contributed by atoms with van der Waals surface area (Å²) in [5.41, 5.74) is 1.16. The van der Waals surface area contributed by atoms with Gasteiger partial charge >= 0.3 is 0 Å². The van der Waals surface area contributed by atoms with Gasteiger partial charge in [-0.2, -0.15) is 0 Å². The number of amides is 1. The maximum atomic E-state index is 13.8. The molecule has 0 fully saturated rings. The van der Waals surface area contributed by atoms with E-state index in [4.69, 9.17) is 0 Å². The molecule has 0 saturated carbocycles. The van der Waals surface area contributed by atoms with Gasteiger partial charge in [0.15, 0.2) is 0 Å². The van der Waals surface area contributed by atoms with Crippen LogP contribution in [0.1, 0.15) is 31.2 Å². The lowest BCUT2D eigenvalue weighted by Gasteiger charge is -2.17. The Bertz CT molecular complexity index is 615. The van der Waals surface area contributed by atoms with Gasteiger partial charge in [0.25, 0.3) is 0 Å². The topological polar surface area (TPSA) is 29.1 Å². The van der Waals surface area contributed by atoms with Crippen molar-refractivity contribution in [2.24, 2.45) is 0 Å². The van der Waals surface area contributed by atoms with Gasteiger partial charge in [0.1, 0.15) is 5.82 Å². The quantitative estimate of drug-likeness (QED) is 0.798. The van der Waals surface area contributed by atoms with Gasteiger partial charge in [0, 0.05) is 4.47 Å². The fourth-order valence-corrected chi connectivity index (χ4v) is 2.57. The first-order valence-corrected chi connectivity index (χ1v) is 7.72. The molecule has 0 aliphatic carbocycles. The number of hydrogen-bond donors (Lipinski definition) is 1. The largest absolute Gasteiger partial charge is 0.323 e. The second-order valence-corrected chi connectivity index (χ2v) is 5.78. The van der Waals surface area contributed by atoms with E-state index in [0.29, 0.717) is 4.47 Å². The first-order valence-electron chi connectivity index (χ1n) is 6.92. The number of anilines is 1. The molecule has 21 heavy (non-hydrogen) atoms. The molecular weight excluding hydrogens is 333 g/mol. The summed E-state index contributed by atoms with van der Waals surface area (Å²) in [6, 6.07) is 14.2. The van der Waals surface area contributed by atoms with E-state index in [1.807, 2.05) is 37.3 Å². The molecule has 0 saturated heterocycles. The fourth-order valence-electron chi connectivity index (χ4n) is 2.23. The second-order valence-electron chi connectivity index (χ2n) is 4.87. The summed E-state index contributed by atoms with van der Waals surface area (Å²) in [5, 5.41) is 2.69. The van der Waals surface area contributed by atoms with Crippen molar-refractivity contribution in [3.05, 3.63) is 64.4 Å². The van der Waals surface area contributed by atoms with Gasteiger partial charge in [-0.15, -0.1) is 0 Å². The molecule has 2 rings (SSSR count). The Morgan fingerprint density at radius 2 is 1.95 bits per heavy atom. The van der Waals surface area contributed by atoms with Crippen molar-refractivity contribution in [2.45, 2.75) is 25.7 Å². The van der Waals surface area contributed by atoms with Crippen LogP contribution in [0.15, 0.2) is 53.0 Å².